The van der Waals surface area contributed by atoms with Gasteiger partial charge in [0.15, 0.2) is 9.88 Å². The van der Waals surface area contributed by atoms with Gasteiger partial charge >= 0.3 is 5.97 Å². The molecule has 2 aromatic rings. The van der Waals surface area contributed by atoms with Gasteiger partial charge in [-0.2, -0.15) is 0 Å². The molecule has 20 heavy (non-hydrogen) atoms. The van der Waals surface area contributed by atoms with Gasteiger partial charge in [-0.15, -0.1) is 10.2 Å². The predicted octanol–water partition coefficient (Wildman–Crippen LogP) is 2.22. The number of rotatable bonds is 7. The molecular weight excluding hydrogens is 294 g/mol. The molecule has 1 heterocycles. The second kappa shape index (κ2) is 6.83. The van der Waals surface area contributed by atoms with Crippen LogP contribution in [0.3, 0.4) is 0 Å². The van der Waals surface area contributed by atoms with Crippen molar-refractivity contribution >= 4 is 29.1 Å². The average molecular weight is 309 g/mol. The van der Waals surface area contributed by atoms with E-state index in [1.165, 1.54) is 23.1 Å². The quantitative estimate of drug-likeness (QED) is 0.764. The molecule has 106 valence electrons. The number of carboxylic acid groups (broad SMARTS) is 1. The van der Waals surface area contributed by atoms with E-state index in [0.29, 0.717) is 12.3 Å². The van der Waals surface area contributed by atoms with Gasteiger partial charge in [0.2, 0.25) is 0 Å². The first-order valence-corrected chi connectivity index (χ1v) is 7.98. The van der Waals surface area contributed by atoms with Gasteiger partial charge in [0.25, 0.3) is 0 Å². The second-order valence-electron chi connectivity index (χ2n) is 4.10. The van der Waals surface area contributed by atoms with Gasteiger partial charge in [-0.3, -0.25) is 5.32 Å². The Balaban J connectivity index is 2.29. The summed E-state index contributed by atoms with van der Waals surface area (Å²) in [5.41, 5.74) is 1.26. The number of nitrogens with zero attached hydrogens (tertiary/aromatic N) is 2. The second-order valence-corrected chi connectivity index (χ2v) is 6.16. The van der Waals surface area contributed by atoms with Crippen molar-refractivity contribution in [3.05, 3.63) is 41.4 Å². The zero-order valence-electron chi connectivity index (χ0n) is 10.9. The van der Waals surface area contributed by atoms with Crippen molar-refractivity contribution in [1.29, 1.82) is 0 Å². The normalized spacial score (nSPS) is 13.8. The highest BCUT2D eigenvalue weighted by atomic mass is 32.2. The van der Waals surface area contributed by atoms with Crippen molar-refractivity contribution in [2.24, 2.45) is 0 Å². The Morgan fingerprint density at radius 1 is 1.45 bits per heavy atom. The molecule has 0 aliphatic rings. The van der Waals surface area contributed by atoms with E-state index >= 15 is 0 Å². The Morgan fingerprint density at radius 2 is 2.20 bits per heavy atom. The van der Waals surface area contributed by atoms with Crippen LogP contribution >= 0.6 is 23.1 Å². The average Bonchev–Trinajstić information content (AvgIpc) is 2.97. The number of aromatic nitrogens is 2. The van der Waals surface area contributed by atoms with Gasteiger partial charge in [0.05, 0.1) is 0 Å². The van der Waals surface area contributed by atoms with Crippen LogP contribution in [0.25, 0.3) is 0 Å². The zero-order valence-corrected chi connectivity index (χ0v) is 12.6. The summed E-state index contributed by atoms with van der Waals surface area (Å²) in [5.74, 6) is -0.530. The number of likely N-dealkylation sites (N-methyl/N-ethyl adjacent to an activating group) is 1. The van der Waals surface area contributed by atoms with Crippen LogP contribution in [0.2, 0.25) is 0 Å². The fraction of sp³-hybridized carbons (Fsp3) is 0.308. The van der Waals surface area contributed by atoms with Crippen LogP contribution in [0.1, 0.15) is 12.5 Å². The lowest BCUT2D eigenvalue weighted by molar-refractivity contribution is -0.144. The number of carboxylic acids is 1. The number of hydrogen-bond acceptors (Lipinski definition) is 6. The first-order chi connectivity index (χ1) is 9.69. The number of carbonyl (C=O) groups is 1. The molecule has 0 saturated carbocycles. The van der Waals surface area contributed by atoms with Crippen molar-refractivity contribution in [1.82, 2.24) is 15.5 Å². The highest BCUT2D eigenvalue weighted by Gasteiger charge is 2.39. The van der Waals surface area contributed by atoms with Crippen LogP contribution in [0.5, 0.6) is 0 Å². The number of aliphatic carboxylic acids is 1. The Bertz CT molecular complexity index is 548. The fourth-order valence-electron chi connectivity index (χ4n) is 1.92. The number of nitrogens with one attached hydrogen (secondary N) is 1. The van der Waals surface area contributed by atoms with E-state index in [1.807, 2.05) is 37.3 Å². The summed E-state index contributed by atoms with van der Waals surface area (Å²) in [4.78, 5) is 11.9. The minimum atomic E-state index is -1.12. The van der Waals surface area contributed by atoms with Crippen molar-refractivity contribution in [2.75, 3.05) is 12.3 Å². The molecule has 5 nitrogen and oxygen atoms in total. The molecule has 0 amide bonds. The van der Waals surface area contributed by atoms with E-state index in [4.69, 9.17) is 0 Å². The van der Waals surface area contributed by atoms with Gasteiger partial charge in [-0.25, -0.2) is 4.79 Å². The maximum atomic E-state index is 11.9. The molecule has 2 rings (SSSR count). The van der Waals surface area contributed by atoms with Crippen LogP contribution in [0, 0.1) is 0 Å². The van der Waals surface area contributed by atoms with Gasteiger partial charge in [0.1, 0.15) is 5.51 Å². The summed E-state index contributed by atoms with van der Waals surface area (Å²) in [7, 11) is 0. The van der Waals surface area contributed by atoms with Crippen LogP contribution in [-0.2, 0) is 10.3 Å². The molecule has 7 heteroatoms. The highest BCUT2D eigenvalue weighted by Crippen LogP contribution is 2.30. The van der Waals surface area contributed by atoms with E-state index < -0.39 is 11.5 Å². The van der Waals surface area contributed by atoms with E-state index in [-0.39, 0.29) is 0 Å². The molecule has 0 bridgehead atoms. The Labute approximate surface area is 125 Å². The summed E-state index contributed by atoms with van der Waals surface area (Å²) in [6.45, 7) is 2.47. The van der Waals surface area contributed by atoms with Crippen molar-refractivity contribution in [3.63, 3.8) is 0 Å². The molecule has 0 fully saturated rings. The molecule has 2 N–H and O–H groups in total. The SMILES string of the molecule is CCNC(CSc1nncs1)(C(=O)O)c1ccccc1. The van der Waals surface area contributed by atoms with Crippen molar-refractivity contribution in [2.45, 2.75) is 16.8 Å². The van der Waals surface area contributed by atoms with E-state index in [2.05, 4.69) is 15.5 Å². The maximum absolute atomic E-state index is 11.9. The number of benzene rings is 1. The van der Waals surface area contributed by atoms with Crippen LogP contribution < -0.4 is 5.32 Å². The van der Waals surface area contributed by atoms with Crippen LogP contribution in [0.15, 0.2) is 40.2 Å². The molecule has 1 aromatic heterocycles. The Morgan fingerprint density at radius 3 is 2.75 bits per heavy atom. The third-order valence-corrected chi connectivity index (χ3v) is 4.89. The minimum absolute atomic E-state index is 0.357. The predicted molar refractivity (Wildman–Crippen MR) is 80.1 cm³/mol. The van der Waals surface area contributed by atoms with Crippen molar-refractivity contribution < 1.29 is 9.90 Å². The first kappa shape index (κ1) is 15.0. The number of hydrogen-bond donors (Lipinski definition) is 2. The third kappa shape index (κ3) is 3.17. The Hall–Kier alpha value is -1.44. The maximum Gasteiger partial charge on any atom is 0.329 e. The summed E-state index contributed by atoms with van der Waals surface area (Å²) < 4.78 is 0.768. The molecule has 0 aliphatic carbocycles. The summed E-state index contributed by atoms with van der Waals surface area (Å²) in [5, 5.41) is 20.5. The third-order valence-electron chi connectivity index (χ3n) is 2.86. The van der Waals surface area contributed by atoms with Gasteiger partial charge in [-0.05, 0) is 12.1 Å². The molecule has 0 spiro atoms. The lowest BCUT2D eigenvalue weighted by Gasteiger charge is -2.30. The smallest absolute Gasteiger partial charge is 0.329 e. The molecule has 1 unspecified atom stereocenters. The van der Waals surface area contributed by atoms with E-state index in [0.717, 1.165) is 9.90 Å². The van der Waals surface area contributed by atoms with Crippen LogP contribution in [0.4, 0.5) is 0 Å². The standard InChI is InChI=1S/C13H15N3O2S2/c1-2-14-13(11(17)18,10-6-4-3-5-7-10)8-19-12-16-15-9-20-12/h3-7,9,14H,2,8H2,1H3,(H,17,18). The topological polar surface area (TPSA) is 75.1 Å². The minimum Gasteiger partial charge on any atom is -0.480 e. The van der Waals surface area contributed by atoms with E-state index in [1.54, 1.807) is 5.51 Å². The molecular formula is C13H15N3O2S2. The summed E-state index contributed by atoms with van der Waals surface area (Å²) >= 11 is 2.81. The van der Waals surface area contributed by atoms with Gasteiger partial charge in [0, 0.05) is 5.75 Å². The Kier molecular flexibility index (Phi) is 5.11. The molecule has 0 aliphatic heterocycles. The van der Waals surface area contributed by atoms with Gasteiger partial charge in [-0.1, -0.05) is 60.4 Å². The largest absolute Gasteiger partial charge is 0.480 e. The van der Waals surface area contributed by atoms with Crippen molar-refractivity contribution in [3.8, 4) is 0 Å². The molecule has 0 radical (unpaired) electrons. The van der Waals surface area contributed by atoms with Crippen LogP contribution in [-0.4, -0.2) is 33.6 Å². The lowest BCUT2D eigenvalue weighted by Crippen LogP contribution is -2.51. The summed E-state index contributed by atoms with van der Waals surface area (Å²) in [6, 6.07) is 9.23. The molecule has 0 saturated heterocycles. The van der Waals surface area contributed by atoms with Gasteiger partial charge < -0.3 is 5.11 Å². The zero-order chi connectivity index (χ0) is 14.4. The summed E-state index contributed by atoms with van der Waals surface area (Å²) in [6.07, 6.45) is 0. The number of thioether (sulfide) groups is 1. The molecule has 1 atom stereocenters. The monoisotopic (exact) mass is 309 g/mol. The fourth-order valence-corrected chi connectivity index (χ4v) is 3.61. The lowest BCUT2D eigenvalue weighted by atomic mass is 9.92. The first-order valence-electron chi connectivity index (χ1n) is 6.12. The van der Waals surface area contributed by atoms with E-state index in [9.17, 15) is 9.90 Å². The molecule has 1 aromatic carbocycles. The highest BCUT2D eigenvalue weighted by molar-refractivity contribution is 8.01.